The fourth-order valence-corrected chi connectivity index (χ4v) is 2.15. The van der Waals surface area contributed by atoms with Crippen molar-refractivity contribution in [3.05, 3.63) is 28.1 Å². The van der Waals surface area contributed by atoms with Crippen LogP contribution in [-0.4, -0.2) is 40.3 Å². The van der Waals surface area contributed by atoms with Crippen molar-refractivity contribution < 1.29 is 9.72 Å². The summed E-state index contributed by atoms with van der Waals surface area (Å²) in [5, 5.41) is 10.5. The van der Waals surface area contributed by atoms with E-state index in [4.69, 9.17) is 5.73 Å². The number of carbonyl (C=O) groups is 1. The number of rotatable bonds is 3. The molecule has 0 bridgehead atoms. The first-order valence-electron chi connectivity index (χ1n) is 5.94. The Kier molecular flexibility index (Phi) is 3.61. The molecule has 3 N–H and O–H groups in total. The highest BCUT2D eigenvalue weighted by Crippen LogP contribution is 2.19. The average Bonchev–Trinajstić information content (AvgIpc) is 2.88. The minimum atomic E-state index is -0.520. The molecular formula is C11H16N4O3. The van der Waals surface area contributed by atoms with Crippen molar-refractivity contribution in [3.63, 3.8) is 0 Å². The van der Waals surface area contributed by atoms with E-state index in [0.717, 1.165) is 12.8 Å². The van der Waals surface area contributed by atoms with Gasteiger partial charge in [0.05, 0.1) is 11.1 Å². The summed E-state index contributed by atoms with van der Waals surface area (Å²) in [6.07, 6.45) is 3.02. The van der Waals surface area contributed by atoms with E-state index in [9.17, 15) is 14.9 Å². The Bertz CT molecular complexity index is 449. The quantitative estimate of drug-likeness (QED) is 0.611. The van der Waals surface area contributed by atoms with Gasteiger partial charge in [-0.1, -0.05) is 0 Å². The number of likely N-dealkylation sites (tertiary alicyclic amines) is 1. The second-order valence-electron chi connectivity index (χ2n) is 4.50. The molecule has 2 rings (SSSR count). The number of aromatic amines is 1. The van der Waals surface area contributed by atoms with Crippen LogP contribution in [0.3, 0.4) is 0 Å². The molecule has 0 aromatic carbocycles. The summed E-state index contributed by atoms with van der Waals surface area (Å²) in [7, 11) is 0. The molecule has 1 aliphatic rings. The van der Waals surface area contributed by atoms with E-state index < -0.39 is 4.92 Å². The smallest absolute Gasteiger partial charge is 0.287 e. The maximum absolute atomic E-state index is 12.1. The van der Waals surface area contributed by atoms with Crippen molar-refractivity contribution in [2.75, 3.05) is 19.6 Å². The van der Waals surface area contributed by atoms with Crippen LogP contribution >= 0.6 is 0 Å². The van der Waals surface area contributed by atoms with Gasteiger partial charge in [-0.05, 0) is 25.3 Å². The highest BCUT2D eigenvalue weighted by Gasteiger charge is 2.24. The van der Waals surface area contributed by atoms with Gasteiger partial charge in [-0.2, -0.15) is 0 Å². The first kappa shape index (κ1) is 12.6. The zero-order valence-corrected chi connectivity index (χ0v) is 9.96. The van der Waals surface area contributed by atoms with Crippen molar-refractivity contribution in [2.24, 2.45) is 11.7 Å². The predicted molar refractivity (Wildman–Crippen MR) is 65.1 cm³/mol. The number of nitrogens with one attached hydrogen (secondary N) is 1. The maximum Gasteiger partial charge on any atom is 0.287 e. The summed E-state index contributed by atoms with van der Waals surface area (Å²) < 4.78 is 0. The number of nitrogens with two attached hydrogens (primary N) is 1. The molecule has 0 radical (unpaired) electrons. The molecule has 1 saturated heterocycles. The van der Waals surface area contributed by atoms with Crippen LogP contribution in [0.1, 0.15) is 23.3 Å². The monoisotopic (exact) mass is 252 g/mol. The fourth-order valence-electron chi connectivity index (χ4n) is 2.15. The Morgan fingerprint density at radius 1 is 1.56 bits per heavy atom. The Hall–Kier alpha value is -1.89. The number of hydrogen-bond acceptors (Lipinski definition) is 4. The molecule has 0 atom stereocenters. The molecule has 98 valence electrons. The van der Waals surface area contributed by atoms with Crippen LogP contribution in [0.4, 0.5) is 5.69 Å². The van der Waals surface area contributed by atoms with E-state index in [2.05, 4.69) is 4.98 Å². The number of nitro groups is 1. The molecule has 18 heavy (non-hydrogen) atoms. The standard InChI is InChI=1S/C11H16N4O3/c12-6-8-1-3-14(4-2-8)11(16)10-5-9(7-13-10)15(17)18/h5,7-8,13H,1-4,6,12H2. The van der Waals surface area contributed by atoms with Crippen molar-refractivity contribution in [1.82, 2.24) is 9.88 Å². The molecule has 0 aliphatic carbocycles. The van der Waals surface area contributed by atoms with E-state index in [1.807, 2.05) is 0 Å². The summed E-state index contributed by atoms with van der Waals surface area (Å²) in [5.41, 5.74) is 5.77. The fraction of sp³-hybridized carbons (Fsp3) is 0.545. The van der Waals surface area contributed by atoms with E-state index in [1.165, 1.54) is 12.3 Å². The minimum absolute atomic E-state index is 0.0878. The van der Waals surface area contributed by atoms with Gasteiger partial charge in [-0.25, -0.2) is 0 Å². The number of carbonyl (C=O) groups excluding carboxylic acids is 1. The molecule has 1 fully saturated rings. The zero-order valence-electron chi connectivity index (χ0n) is 9.96. The van der Waals surface area contributed by atoms with Gasteiger partial charge in [0.15, 0.2) is 0 Å². The number of nitrogens with zero attached hydrogens (tertiary/aromatic N) is 2. The molecule has 1 amide bonds. The lowest BCUT2D eigenvalue weighted by atomic mass is 9.97. The predicted octanol–water partition coefficient (Wildman–Crippen LogP) is 0.734. The van der Waals surface area contributed by atoms with Crippen LogP contribution in [0.5, 0.6) is 0 Å². The van der Waals surface area contributed by atoms with Crippen LogP contribution in [-0.2, 0) is 0 Å². The van der Waals surface area contributed by atoms with Crippen molar-refractivity contribution in [3.8, 4) is 0 Å². The molecule has 0 saturated carbocycles. The molecule has 1 aromatic heterocycles. The van der Waals surface area contributed by atoms with Gasteiger partial charge in [0.1, 0.15) is 5.69 Å². The number of hydrogen-bond donors (Lipinski definition) is 2. The molecule has 2 heterocycles. The number of aromatic nitrogens is 1. The SMILES string of the molecule is NCC1CCN(C(=O)c2cc([N+](=O)[O-])c[nH]2)CC1. The normalized spacial score (nSPS) is 16.8. The van der Waals surface area contributed by atoms with Gasteiger partial charge < -0.3 is 15.6 Å². The molecule has 1 aliphatic heterocycles. The average molecular weight is 252 g/mol. The topological polar surface area (TPSA) is 105 Å². The highest BCUT2D eigenvalue weighted by molar-refractivity contribution is 5.93. The highest BCUT2D eigenvalue weighted by atomic mass is 16.6. The Morgan fingerprint density at radius 2 is 2.22 bits per heavy atom. The summed E-state index contributed by atoms with van der Waals surface area (Å²) in [5.74, 6) is 0.297. The third kappa shape index (κ3) is 2.51. The van der Waals surface area contributed by atoms with Gasteiger partial charge in [0.2, 0.25) is 0 Å². The molecule has 0 spiro atoms. The second-order valence-corrected chi connectivity index (χ2v) is 4.50. The van der Waals surface area contributed by atoms with Crippen molar-refractivity contribution >= 4 is 11.6 Å². The number of H-pyrrole nitrogens is 1. The summed E-state index contributed by atoms with van der Waals surface area (Å²) >= 11 is 0. The molecular weight excluding hydrogens is 236 g/mol. The number of piperidine rings is 1. The second kappa shape index (κ2) is 5.18. The number of amides is 1. The van der Waals surface area contributed by atoms with Crippen molar-refractivity contribution in [1.29, 1.82) is 0 Å². The van der Waals surface area contributed by atoms with E-state index in [1.54, 1.807) is 4.90 Å². The van der Waals surface area contributed by atoms with Crippen LogP contribution in [0.2, 0.25) is 0 Å². The van der Waals surface area contributed by atoms with Crippen LogP contribution in [0.25, 0.3) is 0 Å². The van der Waals surface area contributed by atoms with E-state index in [0.29, 0.717) is 25.6 Å². The lowest BCUT2D eigenvalue weighted by molar-refractivity contribution is -0.384. The molecule has 0 unspecified atom stereocenters. The Labute approximate surface area is 104 Å². The maximum atomic E-state index is 12.1. The van der Waals surface area contributed by atoms with Crippen LogP contribution in [0.15, 0.2) is 12.3 Å². The summed E-state index contributed by atoms with van der Waals surface area (Å²) in [4.78, 5) is 26.5. The van der Waals surface area contributed by atoms with E-state index >= 15 is 0 Å². The van der Waals surface area contributed by atoms with Crippen LogP contribution in [0, 0.1) is 16.0 Å². The third-order valence-electron chi connectivity index (χ3n) is 3.34. The molecule has 7 heteroatoms. The summed E-state index contributed by atoms with van der Waals surface area (Å²) in [6.45, 7) is 1.97. The largest absolute Gasteiger partial charge is 0.351 e. The zero-order chi connectivity index (χ0) is 13.1. The van der Waals surface area contributed by atoms with Gasteiger partial charge in [0, 0.05) is 19.2 Å². The lowest BCUT2D eigenvalue weighted by Crippen LogP contribution is -2.40. The molecule has 7 nitrogen and oxygen atoms in total. The molecule has 1 aromatic rings. The Morgan fingerprint density at radius 3 is 2.72 bits per heavy atom. The van der Waals surface area contributed by atoms with Crippen LogP contribution < -0.4 is 5.73 Å². The van der Waals surface area contributed by atoms with E-state index in [-0.39, 0.29) is 17.3 Å². The van der Waals surface area contributed by atoms with Gasteiger partial charge in [0.25, 0.3) is 11.6 Å². The van der Waals surface area contributed by atoms with Gasteiger partial charge >= 0.3 is 0 Å². The first-order valence-corrected chi connectivity index (χ1v) is 5.94. The van der Waals surface area contributed by atoms with Gasteiger partial charge in [-0.15, -0.1) is 0 Å². The first-order chi connectivity index (χ1) is 8.61. The minimum Gasteiger partial charge on any atom is -0.351 e. The van der Waals surface area contributed by atoms with Gasteiger partial charge in [-0.3, -0.25) is 14.9 Å². The third-order valence-corrected chi connectivity index (χ3v) is 3.34. The van der Waals surface area contributed by atoms with Crippen molar-refractivity contribution in [2.45, 2.75) is 12.8 Å². The lowest BCUT2D eigenvalue weighted by Gasteiger charge is -2.31. The Balaban J connectivity index is 2.01. The summed E-state index contributed by atoms with van der Waals surface area (Å²) in [6, 6.07) is 1.28.